The minimum absolute atomic E-state index is 0.0109. The molecule has 2 rings (SSSR count). The maximum Gasteiger partial charge on any atom is 0.307 e. The Morgan fingerprint density at radius 3 is 2.55 bits per heavy atom. The van der Waals surface area contributed by atoms with Crippen LogP contribution in [0.1, 0.15) is 30.4 Å². The zero-order valence-electron chi connectivity index (χ0n) is 11.4. The molecule has 0 aliphatic heterocycles. The number of hydrogen-bond acceptors (Lipinski definition) is 3. The zero-order chi connectivity index (χ0) is 14.4. The maximum atomic E-state index is 11.7. The van der Waals surface area contributed by atoms with E-state index in [0.29, 0.717) is 25.6 Å². The van der Waals surface area contributed by atoms with Crippen molar-refractivity contribution in [2.45, 2.75) is 38.3 Å². The second-order valence-electron chi connectivity index (χ2n) is 5.09. The summed E-state index contributed by atoms with van der Waals surface area (Å²) < 4.78 is 0. The number of benzene rings is 1. The number of carboxylic acid groups (broad SMARTS) is 1. The molecule has 0 radical (unpaired) electrons. The minimum atomic E-state index is -0.864. The first-order valence-electron chi connectivity index (χ1n) is 6.94. The predicted molar refractivity (Wildman–Crippen MR) is 75.3 cm³/mol. The SMILES string of the molecule is O=C(O)Cc1ccccc1CNC(=O)CCNC1CC1. The summed E-state index contributed by atoms with van der Waals surface area (Å²) in [6.07, 6.45) is 2.86. The largest absolute Gasteiger partial charge is 0.481 e. The Morgan fingerprint density at radius 2 is 1.90 bits per heavy atom. The number of carboxylic acids is 1. The van der Waals surface area contributed by atoms with E-state index in [-0.39, 0.29) is 12.3 Å². The predicted octanol–water partition coefficient (Wildman–Crippen LogP) is 1.07. The summed E-state index contributed by atoms with van der Waals surface area (Å²) in [6.45, 7) is 1.08. The quantitative estimate of drug-likeness (QED) is 0.663. The van der Waals surface area contributed by atoms with Crippen LogP contribution in [0, 0.1) is 0 Å². The molecule has 5 heteroatoms. The molecule has 1 fully saturated rings. The van der Waals surface area contributed by atoms with Crippen molar-refractivity contribution in [3.63, 3.8) is 0 Å². The van der Waals surface area contributed by atoms with E-state index in [2.05, 4.69) is 10.6 Å². The van der Waals surface area contributed by atoms with Gasteiger partial charge in [-0.2, -0.15) is 0 Å². The highest BCUT2D eigenvalue weighted by Gasteiger charge is 2.20. The summed E-state index contributed by atoms with van der Waals surface area (Å²) in [5.74, 6) is -0.874. The van der Waals surface area contributed by atoms with E-state index in [9.17, 15) is 9.59 Å². The molecule has 0 spiro atoms. The average Bonchev–Trinajstić information content (AvgIpc) is 3.21. The monoisotopic (exact) mass is 276 g/mol. The minimum Gasteiger partial charge on any atom is -0.481 e. The van der Waals surface area contributed by atoms with Gasteiger partial charge in [0.2, 0.25) is 5.91 Å². The normalized spacial score (nSPS) is 14.0. The van der Waals surface area contributed by atoms with Gasteiger partial charge in [-0.15, -0.1) is 0 Å². The summed E-state index contributed by atoms with van der Waals surface area (Å²) in [5, 5.41) is 15.0. The maximum absolute atomic E-state index is 11.7. The number of hydrogen-bond donors (Lipinski definition) is 3. The number of carbonyl (C=O) groups is 2. The van der Waals surface area contributed by atoms with Crippen molar-refractivity contribution in [1.82, 2.24) is 10.6 Å². The third-order valence-corrected chi connectivity index (χ3v) is 3.30. The lowest BCUT2D eigenvalue weighted by molar-refractivity contribution is -0.136. The van der Waals surface area contributed by atoms with Crippen LogP contribution < -0.4 is 10.6 Å². The van der Waals surface area contributed by atoms with Crippen LogP contribution in [0.3, 0.4) is 0 Å². The molecule has 0 aromatic heterocycles. The molecule has 0 atom stereocenters. The van der Waals surface area contributed by atoms with E-state index < -0.39 is 5.97 Å². The van der Waals surface area contributed by atoms with Gasteiger partial charge in [0.1, 0.15) is 0 Å². The number of carbonyl (C=O) groups excluding carboxylic acids is 1. The lowest BCUT2D eigenvalue weighted by Crippen LogP contribution is -2.28. The first-order chi connectivity index (χ1) is 9.65. The van der Waals surface area contributed by atoms with E-state index in [1.165, 1.54) is 12.8 Å². The first kappa shape index (κ1) is 14.5. The molecule has 0 unspecified atom stereocenters. The van der Waals surface area contributed by atoms with Crippen LogP contribution in [0.25, 0.3) is 0 Å². The van der Waals surface area contributed by atoms with Crippen LogP contribution >= 0.6 is 0 Å². The van der Waals surface area contributed by atoms with Crippen molar-refractivity contribution in [3.05, 3.63) is 35.4 Å². The number of nitrogens with one attached hydrogen (secondary N) is 2. The Kier molecular flexibility index (Phi) is 5.12. The topological polar surface area (TPSA) is 78.4 Å². The fourth-order valence-corrected chi connectivity index (χ4v) is 2.02. The summed E-state index contributed by atoms with van der Waals surface area (Å²) >= 11 is 0. The molecule has 1 amide bonds. The van der Waals surface area contributed by atoms with Gasteiger partial charge in [0.15, 0.2) is 0 Å². The molecule has 108 valence electrons. The number of aliphatic carboxylic acids is 1. The van der Waals surface area contributed by atoms with Gasteiger partial charge in [-0.05, 0) is 24.0 Å². The molecular formula is C15H20N2O3. The van der Waals surface area contributed by atoms with Crippen molar-refractivity contribution >= 4 is 11.9 Å². The van der Waals surface area contributed by atoms with Crippen LogP contribution in [0.15, 0.2) is 24.3 Å². The van der Waals surface area contributed by atoms with E-state index in [1.54, 1.807) is 6.07 Å². The van der Waals surface area contributed by atoms with Crippen molar-refractivity contribution < 1.29 is 14.7 Å². The summed E-state index contributed by atoms with van der Waals surface area (Å²) in [5.41, 5.74) is 1.61. The fourth-order valence-electron chi connectivity index (χ4n) is 2.02. The van der Waals surface area contributed by atoms with Gasteiger partial charge in [-0.25, -0.2) is 0 Å². The highest BCUT2D eigenvalue weighted by atomic mass is 16.4. The molecule has 3 N–H and O–H groups in total. The summed E-state index contributed by atoms with van der Waals surface area (Å²) in [7, 11) is 0. The van der Waals surface area contributed by atoms with Gasteiger partial charge < -0.3 is 15.7 Å². The van der Waals surface area contributed by atoms with Crippen molar-refractivity contribution in [3.8, 4) is 0 Å². The van der Waals surface area contributed by atoms with Crippen molar-refractivity contribution in [2.75, 3.05) is 6.54 Å². The van der Waals surface area contributed by atoms with Crippen LogP contribution in [0.2, 0.25) is 0 Å². The Balaban J connectivity index is 1.76. The second-order valence-corrected chi connectivity index (χ2v) is 5.09. The summed E-state index contributed by atoms with van der Waals surface area (Å²) in [6, 6.07) is 7.90. The van der Waals surface area contributed by atoms with Crippen LogP contribution in [-0.4, -0.2) is 29.6 Å². The van der Waals surface area contributed by atoms with Crippen molar-refractivity contribution in [1.29, 1.82) is 0 Å². The Labute approximate surface area is 118 Å². The van der Waals surface area contributed by atoms with Gasteiger partial charge in [0, 0.05) is 25.6 Å². The molecule has 0 heterocycles. The molecule has 0 bridgehead atoms. The van der Waals surface area contributed by atoms with Crippen LogP contribution in [0.5, 0.6) is 0 Å². The van der Waals surface area contributed by atoms with Crippen LogP contribution in [0.4, 0.5) is 0 Å². The molecule has 0 saturated heterocycles. The standard InChI is InChI=1S/C15H20N2O3/c18-14(7-8-16-13-5-6-13)17-10-12-4-2-1-3-11(12)9-15(19)20/h1-4,13,16H,5-10H2,(H,17,18)(H,19,20). The van der Waals surface area contributed by atoms with Gasteiger partial charge in [-0.3, -0.25) is 9.59 Å². The molecule has 1 aliphatic rings. The molecule has 20 heavy (non-hydrogen) atoms. The zero-order valence-corrected chi connectivity index (χ0v) is 11.4. The van der Waals surface area contributed by atoms with Gasteiger partial charge in [0.25, 0.3) is 0 Å². The molecule has 1 aromatic rings. The van der Waals surface area contributed by atoms with Gasteiger partial charge in [-0.1, -0.05) is 24.3 Å². The van der Waals surface area contributed by atoms with Crippen molar-refractivity contribution in [2.24, 2.45) is 0 Å². The third kappa shape index (κ3) is 5.01. The fraction of sp³-hybridized carbons (Fsp3) is 0.467. The smallest absolute Gasteiger partial charge is 0.307 e. The Hall–Kier alpha value is -1.88. The first-order valence-corrected chi connectivity index (χ1v) is 6.94. The molecule has 1 saturated carbocycles. The number of amides is 1. The molecular weight excluding hydrogens is 256 g/mol. The third-order valence-electron chi connectivity index (χ3n) is 3.30. The van der Waals surface area contributed by atoms with Gasteiger partial charge in [0.05, 0.1) is 6.42 Å². The summed E-state index contributed by atoms with van der Waals surface area (Å²) in [4.78, 5) is 22.5. The van der Waals surface area contributed by atoms with E-state index in [1.807, 2.05) is 18.2 Å². The Morgan fingerprint density at radius 1 is 1.20 bits per heavy atom. The highest BCUT2D eigenvalue weighted by Crippen LogP contribution is 2.18. The number of rotatable bonds is 8. The van der Waals surface area contributed by atoms with Gasteiger partial charge >= 0.3 is 5.97 Å². The average molecular weight is 276 g/mol. The second kappa shape index (κ2) is 7.05. The lowest BCUT2D eigenvalue weighted by atomic mass is 10.0. The molecule has 5 nitrogen and oxygen atoms in total. The van der Waals surface area contributed by atoms with Crippen LogP contribution in [-0.2, 0) is 22.6 Å². The van der Waals surface area contributed by atoms with E-state index >= 15 is 0 Å². The van der Waals surface area contributed by atoms with E-state index in [4.69, 9.17) is 5.11 Å². The molecule has 1 aromatic carbocycles. The molecule has 1 aliphatic carbocycles. The highest BCUT2D eigenvalue weighted by molar-refractivity contribution is 5.76. The van der Waals surface area contributed by atoms with E-state index in [0.717, 1.165) is 11.1 Å². The Bertz CT molecular complexity index is 484. The lowest BCUT2D eigenvalue weighted by Gasteiger charge is -2.09.